The van der Waals surface area contributed by atoms with E-state index in [1.807, 2.05) is 30.9 Å². The highest BCUT2D eigenvalue weighted by Crippen LogP contribution is 2.26. The summed E-state index contributed by atoms with van der Waals surface area (Å²) in [7, 11) is 4.74. The molecule has 1 aromatic heterocycles. The summed E-state index contributed by atoms with van der Waals surface area (Å²) in [6.45, 7) is 4.77. The fourth-order valence-electron chi connectivity index (χ4n) is 4.31. The number of rotatable bonds is 6. The van der Waals surface area contributed by atoms with Gasteiger partial charge in [-0.3, -0.25) is 19.4 Å². The van der Waals surface area contributed by atoms with Crippen LogP contribution in [0.25, 0.3) is 0 Å². The Labute approximate surface area is 217 Å². The Hall–Kier alpha value is -3.50. The number of hydrogen-bond donors (Lipinski definition) is 1. The molecule has 0 spiro atoms. The number of aromatic nitrogens is 1. The van der Waals surface area contributed by atoms with Crippen LogP contribution in [0.4, 0.5) is 5.69 Å². The molecule has 37 heavy (non-hydrogen) atoms. The van der Waals surface area contributed by atoms with Gasteiger partial charge >= 0.3 is 0 Å². The lowest BCUT2D eigenvalue weighted by Crippen LogP contribution is -2.49. The molecule has 0 bridgehead atoms. The van der Waals surface area contributed by atoms with Crippen LogP contribution in [0.15, 0.2) is 42.7 Å². The van der Waals surface area contributed by atoms with Gasteiger partial charge in [-0.05, 0) is 36.8 Å². The predicted molar refractivity (Wildman–Crippen MR) is 138 cm³/mol. The van der Waals surface area contributed by atoms with Crippen LogP contribution >= 0.6 is 0 Å². The zero-order valence-electron chi connectivity index (χ0n) is 22.1. The molecule has 3 rings (SSSR count). The summed E-state index contributed by atoms with van der Waals surface area (Å²) in [6, 6.07) is 8.33. The Kier molecular flexibility index (Phi) is 9.99. The number of nitrogens with one attached hydrogen (secondary N) is 1. The van der Waals surface area contributed by atoms with Crippen LogP contribution in [-0.4, -0.2) is 92.2 Å². The van der Waals surface area contributed by atoms with E-state index < -0.39 is 0 Å². The topological polar surface area (TPSA) is 110 Å². The fraction of sp³-hybridized carbons (Fsp3) is 0.481. The molecule has 0 saturated carbocycles. The molecule has 1 aromatic carbocycles. The van der Waals surface area contributed by atoms with Gasteiger partial charge in [-0.2, -0.15) is 0 Å². The van der Waals surface area contributed by atoms with Crippen LogP contribution in [0.5, 0.6) is 5.75 Å². The van der Waals surface area contributed by atoms with Gasteiger partial charge in [0, 0.05) is 58.4 Å². The van der Waals surface area contributed by atoms with Gasteiger partial charge in [0.05, 0.1) is 24.1 Å². The van der Waals surface area contributed by atoms with Crippen LogP contribution in [0, 0.1) is 5.92 Å². The Morgan fingerprint density at radius 3 is 2.65 bits per heavy atom. The number of pyridine rings is 1. The van der Waals surface area contributed by atoms with E-state index in [1.165, 1.54) is 7.11 Å². The first-order valence-electron chi connectivity index (χ1n) is 12.3. The average molecular weight is 513 g/mol. The molecule has 2 heterocycles. The third-order valence-corrected chi connectivity index (χ3v) is 6.40. The number of nitrogens with zero attached hydrogens (tertiary/aromatic N) is 3. The summed E-state index contributed by atoms with van der Waals surface area (Å²) < 4.78 is 16.7. The number of hydrogen-bond acceptors (Lipinski definition) is 7. The minimum Gasteiger partial charge on any atom is -0.491 e. The van der Waals surface area contributed by atoms with Crippen molar-refractivity contribution in [1.82, 2.24) is 14.8 Å². The number of ether oxygens (including phenoxy) is 3. The molecule has 0 radical (unpaired) electrons. The molecule has 1 aliphatic heterocycles. The second kappa shape index (κ2) is 13.2. The summed E-state index contributed by atoms with van der Waals surface area (Å²) in [5.41, 5.74) is 1.60. The van der Waals surface area contributed by atoms with Gasteiger partial charge in [0.1, 0.15) is 19.0 Å². The van der Waals surface area contributed by atoms with E-state index in [1.54, 1.807) is 49.7 Å². The van der Waals surface area contributed by atoms with E-state index in [4.69, 9.17) is 14.2 Å². The van der Waals surface area contributed by atoms with Crippen molar-refractivity contribution in [3.05, 3.63) is 53.9 Å². The van der Waals surface area contributed by atoms with Gasteiger partial charge < -0.3 is 29.3 Å². The van der Waals surface area contributed by atoms with Crippen LogP contribution < -0.4 is 10.1 Å². The van der Waals surface area contributed by atoms with Crippen LogP contribution in [0.3, 0.4) is 0 Å². The molecule has 3 amide bonds. The van der Waals surface area contributed by atoms with Gasteiger partial charge in [0.15, 0.2) is 0 Å². The number of anilines is 1. The third-order valence-electron chi connectivity index (χ3n) is 6.40. The standard InChI is InChI=1S/C27H36N4O6/c1-18-14-31(26(33)11-20-7-6-10-28-13-20)19(2)16-37-23-9-8-21(29-25(32)17-35-4)12-22(23)27(34)30(3)15-24(18)36-5/h6-10,12-13,18-19,24H,11,14-17H2,1-5H3,(H,29,32)/t18-,19-,24-/m1/s1. The minimum atomic E-state index is -0.331. The number of likely N-dealkylation sites (N-methyl/N-ethyl adjacent to an activating group) is 1. The monoisotopic (exact) mass is 512 g/mol. The summed E-state index contributed by atoms with van der Waals surface area (Å²) in [5, 5.41) is 2.72. The SMILES string of the molecule is COCC(=O)Nc1ccc2c(c1)C(=O)N(C)C[C@@H](OC)[C@H](C)CN(C(=O)Cc1cccnc1)[C@H](C)CO2. The molecule has 200 valence electrons. The maximum absolute atomic E-state index is 13.4. The molecular formula is C27H36N4O6. The van der Waals surface area contributed by atoms with E-state index in [2.05, 4.69) is 10.3 Å². The largest absolute Gasteiger partial charge is 0.491 e. The molecule has 1 N–H and O–H groups in total. The van der Waals surface area contributed by atoms with E-state index in [0.717, 1.165) is 5.56 Å². The summed E-state index contributed by atoms with van der Waals surface area (Å²) >= 11 is 0. The van der Waals surface area contributed by atoms with Crippen molar-refractivity contribution < 1.29 is 28.6 Å². The number of benzene rings is 1. The van der Waals surface area contributed by atoms with Gasteiger partial charge in [0.2, 0.25) is 11.8 Å². The molecule has 10 nitrogen and oxygen atoms in total. The van der Waals surface area contributed by atoms with Gasteiger partial charge in [-0.15, -0.1) is 0 Å². The van der Waals surface area contributed by atoms with E-state index in [9.17, 15) is 14.4 Å². The first kappa shape index (κ1) is 28.1. The second-order valence-corrected chi connectivity index (χ2v) is 9.37. The van der Waals surface area contributed by atoms with Crippen LogP contribution in [-0.2, 0) is 25.5 Å². The highest BCUT2D eigenvalue weighted by molar-refractivity contribution is 5.99. The quantitative estimate of drug-likeness (QED) is 0.632. The van der Waals surface area contributed by atoms with Crippen molar-refractivity contribution in [3.63, 3.8) is 0 Å². The van der Waals surface area contributed by atoms with Crippen molar-refractivity contribution >= 4 is 23.4 Å². The molecule has 1 aliphatic rings. The fourth-order valence-corrected chi connectivity index (χ4v) is 4.31. The lowest BCUT2D eigenvalue weighted by atomic mass is 10.0. The van der Waals surface area contributed by atoms with Crippen molar-refractivity contribution in [2.45, 2.75) is 32.4 Å². The zero-order valence-corrected chi connectivity index (χ0v) is 22.1. The Morgan fingerprint density at radius 2 is 1.97 bits per heavy atom. The van der Waals surface area contributed by atoms with Crippen LogP contribution in [0.1, 0.15) is 29.8 Å². The van der Waals surface area contributed by atoms with Gasteiger partial charge in [-0.1, -0.05) is 13.0 Å². The van der Waals surface area contributed by atoms with E-state index in [0.29, 0.717) is 30.1 Å². The Bertz CT molecular complexity index is 1080. The summed E-state index contributed by atoms with van der Waals surface area (Å²) in [5.74, 6) is -0.315. The third kappa shape index (κ3) is 7.50. The van der Waals surface area contributed by atoms with E-state index >= 15 is 0 Å². The Morgan fingerprint density at radius 1 is 1.19 bits per heavy atom. The molecule has 0 saturated heterocycles. The number of fused-ring (bicyclic) bond motifs is 1. The van der Waals surface area contributed by atoms with Crippen molar-refractivity contribution in [3.8, 4) is 5.75 Å². The smallest absolute Gasteiger partial charge is 0.257 e. The van der Waals surface area contributed by atoms with E-state index in [-0.39, 0.29) is 55.4 Å². The summed E-state index contributed by atoms with van der Waals surface area (Å²) in [4.78, 5) is 46.3. The van der Waals surface area contributed by atoms with Crippen molar-refractivity contribution in [2.24, 2.45) is 5.92 Å². The molecule has 0 unspecified atom stereocenters. The first-order valence-corrected chi connectivity index (χ1v) is 12.3. The maximum Gasteiger partial charge on any atom is 0.257 e. The normalized spacial score (nSPS) is 20.8. The van der Waals surface area contributed by atoms with Gasteiger partial charge in [-0.25, -0.2) is 0 Å². The number of carbonyl (C=O) groups is 3. The zero-order chi connectivity index (χ0) is 26.9. The molecule has 2 aromatic rings. The van der Waals surface area contributed by atoms with Gasteiger partial charge in [0.25, 0.3) is 5.91 Å². The van der Waals surface area contributed by atoms with Crippen molar-refractivity contribution in [1.29, 1.82) is 0 Å². The molecule has 10 heteroatoms. The second-order valence-electron chi connectivity index (χ2n) is 9.37. The predicted octanol–water partition coefficient (Wildman–Crippen LogP) is 2.24. The first-order chi connectivity index (χ1) is 17.7. The lowest BCUT2D eigenvalue weighted by Gasteiger charge is -2.36. The summed E-state index contributed by atoms with van der Waals surface area (Å²) in [6.07, 6.45) is 3.29. The number of carbonyl (C=O) groups excluding carboxylic acids is 3. The molecular weight excluding hydrogens is 476 g/mol. The molecule has 0 aliphatic carbocycles. The minimum absolute atomic E-state index is 0.0382. The lowest BCUT2D eigenvalue weighted by molar-refractivity contribution is -0.134. The van der Waals surface area contributed by atoms with Crippen LogP contribution in [0.2, 0.25) is 0 Å². The highest BCUT2D eigenvalue weighted by atomic mass is 16.5. The van der Waals surface area contributed by atoms with Crippen molar-refractivity contribution in [2.75, 3.05) is 52.9 Å². The Balaban J connectivity index is 1.92. The number of methoxy groups -OCH3 is 2. The molecule has 0 fully saturated rings. The average Bonchev–Trinajstić information content (AvgIpc) is 2.88. The maximum atomic E-state index is 13.4. The molecule has 3 atom stereocenters. The number of amides is 3. The highest BCUT2D eigenvalue weighted by Gasteiger charge is 2.30.